The molecule has 0 aliphatic heterocycles. The van der Waals surface area contributed by atoms with Crippen LogP contribution in [0.4, 0.5) is 19.4 Å². The first kappa shape index (κ1) is 14.4. The average molecular weight is 286 g/mol. The molecule has 110 valence electrons. The molecule has 0 atom stereocenters. The first-order valence-electron chi connectivity index (χ1n) is 6.19. The maximum absolute atomic E-state index is 12.7. The van der Waals surface area contributed by atoms with Gasteiger partial charge in [-0.05, 0) is 6.92 Å². The molecule has 0 aromatic carbocycles. The van der Waals surface area contributed by atoms with Crippen LogP contribution in [0.25, 0.3) is 0 Å². The van der Waals surface area contributed by atoms with E-state index in [0.29, 0.717) is 11.4 Å². The largest absolute Gasteiger partial charge is 0.335 e. The van der Waals surface area contributed by atoms with Crippen LogP contribution in [-0.4, -0.2) is 33.6 Å². The lowest BCUT2D eigenvalue weighted by Gasteiger charge is -2.35. The molecule has 6 nitrogen and oxygen atoms in total. The Bertz CT molecular complexity index is 560. The second-order valence-corrected chi connectivity index (χ2v) is 5.06. The van der Waals surface area contributed by atoms with Gasteiger partial charge in [-0.3, -0.25) is 14.8 Å². The second-order valence-electron chi connectivity index (χ2n) is 5.06. The zero-order valence-corrected chi connectivity index (χ0v) is 11.5. The van der Waals surface area contributed by atoms with E-state index in [0.717, 1.165) is 0 Å². The van der Waals surface area contributed by atoms with Crippen LogP contribution < -0.4 is 10.6 Å². The van der Waals surface area contributed by atoms with E-state index in [-0.39, 0.29) is 24.3 Å². The molecule has 1 aliphatic carbocycles. The van der Waals surface area contributed by atoms with Gasteiger partial charge in [-0.25, -0.2) is 13.6 Å². The van der Waals surface area contributed by atoms with E-state index in [1.807, 2.05) is 0 Å². The first-order valence-corrected chi connectivity index (χ1v) is 6.19. The van der Waals surface area contributed by atoms with E-state index in [4.69, 9.17) is 0 Å². The van der Waals surface area contributed by atoms with E-state index in [1.165, 1.54) is 11.6 Å². The van der Waals surface area contributed by atoms with Crippen molar-refractivity contribution in [2.24, 2.45) is 7.05 Å². The molecule has 1 aromatic heterocycles. The molecule has 1 aromatic rings. The molecular weight excluding hydrogens is 270 g/mol. The van der Waals surface area contributed by atoms with Gasteiger partial charge in [-0.15, -0.1) is 0 Å². The minimum atomic E-state index is -2.68. The number of anilines is 1. The molecule has 2 rings (SSSR count). The number of carbonyl (C=O) groups excluding carboxylic acids is 2. The van der Waals surface area contributed by atoms with Crippen LogP contribution in [0, 0.1) is 6.92 Å². The summed E-state index contributed by atoms with van der Waals surface area (Å²) < 4.78 is 26.7. The number of amides is 2. The molecule has 2 N–H and O–H groups in total. The van der Waals surface area contributed by atoms with Gasteiger partial charge in [0.15, 0.2) is 5.78 Å². The number of aromatic nitrogens is 2. The minimum absolute atomic E-state index is 0.204. The summed E-state index contributed by atoms with van der Waals surface area (Å²) in [6, 6.07) is -1.10. The molecule has 20 heavy (non-hydrogen) atoms. The summed E-state index contributed by atoms with van der Waals surface area (Å²) in [5.74, 6) is -2.51. The number of rotatable bonds is 3. The number of aryl methyl sites for hydroxylation is 1. The molecule has 0 bridgehead atoms. The molecule has 1 fully saturated rings. The summed E-state index contributed by atoms with van der Waals surface area (Å²) in [7, 11) is 1.59. The fourth-order valence-electron chi connectivity index (χ4n) is 2.23. The van der Waals surface area contributed by atoms with E-state index in [1.54, 1.807) is 14.0 Å². The summed E-state index contributed by atoms with van der Waals surface area (Å²) >= 11 is 0. The van der Waals surface area contributed by atoms with Crippen molar-refractivity contribution in [2.45, 2.75) is 38.7 Å². The smallest absolute Gasteiger partial charge is 0.320 e. The Hall–Kier alpha value is -1.99. The zero-order chi connectivity index (χ0) is 15.1. The summed E-state index contributed by atoms with van der Waals surface area (Å²) in [6.45, 7) is 3.05. The number of urea groups is 1. The second kappa shape index (κ2) is 4.84. The normalized spacial score (nSPS) is 17.4. The Kier molecular flexibility index (Phi) is 3.49. The third kappa shape index (κ3) is 2.78. The molecule has 1 aliphatic rings. The lowest BCUT2D eigenvalue weighted by Crippen LogP contribution is -2.51. The summed E-state index contributed by atoms with van der Waals surface area (Å²) in [5, 5.41) is 8.99. The van der Waals surface area contributed by atoms with Crippen LogP contribution in [0.5, 0.6) is 0 Å². The van der Waals surface area contributed by atoms with Gasteiger partial charge < -0.3 is 5.32 Å². The Morgan fingerprint density at radius 2 is 2.00 bits per heavy atom. The van der Waals surface area contributed by atoms with Crippen molar-refractivity contribution in [3.8, 4) is 0 Å². The number of Topliss-reactive ketones (excluding diaryl/α,β-unsaturated/α-hetero) is 1. The highest BCUT2D eigenvalue weighted by Crippen LogP contribution is 2.37. The van der Waals surface area contributed by atoms with Crippen LogP contribution in [0.15, 0.2) is 0 Å². The van der Waals surface area contributed by atoms with E-state index >= 15 is 0 Å². The highest BCUT2D eigenvalue weighted by molar-refractivity contribution is 5.97. The van der Waals surface area contributed by atoms with Crippen molar-refractivity contribution >= 4 is 17.6 Å². The number of nitrogens with one attached hydrogen (secondary N) is 2. The number of hydrogen-bond acceptors (Lipinski definition) is 3. The summed E-state index contributed by atoms with van der Waals surface area (Å²) in [6.07, 6.45) is -0.688. The Balaban J connectivity index is 2.00. The SMILES string of the molecule is CC(=O)c1nn(C)c(NC(=O)NC2CC(F)(F)C2)c1C. The van der Waals surface area contributed by atoms with Crippen molar-refractivity contribution in [3.63, 3.8) is 0 Å². The Morgan fingerprint density at radius 1 is 1.40 bits per heavy atom. The molecule has 1 heterocycles. The third-order valence-electron chi connectivity index (χ3n) is 3.27. The standard InChI is InChI=1S/C12H16F2N4O2/c1-6-9(7(2)19)17-18(3)10(6)16-11(20)15-8-4-12(13,14)5-8/h8H,4-5H2,1-3H3,(H2,15,16,20). The maximum Gasteiger partial charge on any atom is 0.320 e. The van der Waals surface area contributed by atoms with Gasteiger partial charge in [0, 0.05) is 38.4 Å². The fraction of sp³-hybridized carbons (Fsp3) is 0.583. The molecule has 8 heteroatoms. The lowest BCUT2D eigenvalue weighted by molar-refractivity contribution is -0.0893. The molecule has 0 radical (unpaired) electrons. The van der Waals surface area contributed by atoms with Gasteiger partial charge >= 0.3 is 6.03 Å². The maximum atomic E-state index is 12.7. The number of halogens is 2. The third-order valence-corrected chi connectivity index (χ3v) is 3.27. The number of carbonyl (C=O) groups is 2. The highest BCUT2D eigenvalue weighted by Gasteiger charge is 2.46. The van der Waals surface area contributed by atoms with E-state index in [9.17, 15) is 18.4 Å². The Morgan fingerprint density at radius 3 is 2.45 bits per heavy atom. The first-order chi connectivity index (χ1) is 9.19. The van der Waals surface area contributed by atoms with Gasteiger partial charge in [-0.2, -0.15) is 5.10 Å². The van der Waals surface area contributed by atoms with E-state index < -0.39 is 18.0 Å². The van der Waals surface area contributed by atoms with Crippen LogP contribution >= 0.6 is 0 Å². The van der Waals surface area contributed by atoms with Crippen LogP contribution in [0.1, 0.15) is 35.8 Å². The van der Waals surface area contributed by atoms with Crippen molar-refractivity contribution in [1.29, 1.82) is 0 Å². The van der Waals surface area contributed by atoms with Crippen molar-refractivity contribution in [2.75, 3.05) is 5.32 Å². The predicted octanol–water partition coefficient (Wildman–Crippen LogP) is 1.85. The average Bonchev–Trinajstić information content (AvgIpc) is 2.54. The van der Waals surface area contributed by atoms with Crippen molar-refractivity contribution < 1.29 is 18.4 Å². The predicted molar refractivity (Wildman–Crippen MR) is 68.1 cm³/mol. The summed E-state index contributed by atoms with van der Waals surface area (Å²) in [4.78, 5) is 23.1. The molecule has 2 amide bonds. The van der Waals surface area contributed by atoms with Gasteiger partial charge in [0.05, 0.1) is 0 Å². The summed E-state index contributed by atoms with van der Waals surface area (Å²) in [5.41, 5.74) is 0.826. The number of hydrogen-bond donors (Lipinski definition) is 2. The monoisotopic (exact) mass is 286 g/mol. The molecule has 0 saturated heterocycles. The van der Waals surface area contributed by atoms with Gasteiger partial charge in [0.2, 0.25) is 0 Å². The molecular formula is C12H16F2N4O2. The quantitative estimate of drug-likeness (QED) is 0.833. The van der Waals surface area contributed by atoms with Crippen LogP contribution in [0.2, 0.25) is 0 Å². The van der Waals surface area contributed by atoms with Crippen molar-refractivity contribution in [1.82, 2.24) is 15.1 Å². The van der Waals surface area contributed by atoms with Gasteiger partial charge in [0.1, 0.15) is 11.5 Å². The topological polar surface area (TPSA) is 76.0 Å². The molecule has 0 unspecified atom stereocenters. The zero-order valence-electron chi connectivity index (χ0n) is 11.5. The number of ketones is 1. The number of alkyl halides is 2. The van der Waals surface area contributed by atoms with Gasteiger partial charge in [-0.1, -0.05) is 0 Å². The minimum Gasteiger partial charge on any atom is -0.335 e. The van der Waals surface area contributed by atoms with Crippen LogP contribution in [-0.2, 0) is 7.05 Å². The van der Waals surface area contributed by atoms with E-state index in [2.05, 4.69) is 15.7 Å². The Labute approximate surface area is 114 Å². The van der Waals surface area contributed by atoms with Crippen LogP contribution in [0.3, 0.4) is 0 Å². The highest BCUT2D eigenvalue weighted by atomic mass is 19.3. The van der Waals surface area contributed by atoms with Crippen molar-refractivity contribution in [3.05, 3.63) is 11.3 Å². The van der Waals surface area contributed by atoms with Gasteiger partial charge in [0.25, 0.3) is 5.92 Å². The molecule has 0 spiro atoms. The number of nitrogens with zero attached hydrogens (tertiary/aromatic N) is 2. The lowest BCUT2D eigenvalue weighted by atomic mass is 9.88. The fourth-order valence-corrected chi connectivity index (χ4v) is 2.23. The molecule has 1 saturated carbocycles.